The molecule has 5 nitrogen and oxygen atoms in total. The zero-order valence-corrected chi connectivity index (χ0v) is 13.7. The summed E-state index contributed by atoms with van der Waals surface area (Å²) in [4.78, 5) is 24.0. The number of hydrogen-bond donors (Lipinski definition) is 1. The summed E-state index contributed by atoms with van der Waals surface area (Å²) >= 11 is 0. The van der Waals surface area contributed by atoms with Gasteiger partial charge in [0.05, 0.1) is 12.7 Å². The quantitative estimate of drug-likeness (QED) is 0.898. The van der Waals surface area contributed by atoms with E-state index in [0.29, 0.717) is 11.4 Å². The lowest BCUT2D eigenvalue weighted by molar-refractivity contribution is -0.137. The van der Waals surface area contributed by atoms with Crippen molar-refractivity contribution < 1.29 is 22.7 Å². The van der Waals surface area contributed by atoms with E-state index >= 15 is 0 Å². The third kappa shape index (κ3) is 4.62. The fourth-order valence-electron chi connectivity index (χ4n) is 2.32. The van der Waals surface area contributed by atoms with Gasteiger partial charge in [-0.15, -0.1) is 0 Å². The predicted octanol–water partition coefficient (Wildman–Crippen LogP) is 2.61. The van der Waals surface area contributed by atoms with Gasteiger partial charge in [0.25, 0.3) is 11.5 Å². The van der Waals surface area contributed by atoms with E-state index in [-0.39, 0.29) is 24.2 Å². The molecule has 8 heteroatoms. The molecule has 0 unspecified atom stereocenters. The number of ether oxygens (including phenoxy) is 1. The summed E-state index contributed by atoms with van der Waals surface area (Å²) in [6.45, 7) is 2.01. The van der Waals surface area contributed by atoms with Crippen LogP contribution in [0, 0.1) is 6.92 Å². The van der Waals surface area contributed by atoms with Gasteiger partial charge < -0.3 is 14.6 Å². The van der Waals surface area contributed by atoms with Crippen molar-refractivity contribution in [3.63, 3.8) is 0 Å². The minimum absolute atomic E-state index is 0.0892. The Labute approximate surface area is 142 Å². The molecule has 0 saturated heterocycles. The first kappa shape index (κ1) is 18.6. The Bertz CT molecular complexity index is 829. The van der Waals surface area contributed by atoms with Gasteiger partial charge in [0.15, 0.2) is 0 Å². The number of methoxy groups -OCH3 is 1. The van der Waals surface area contributed by atoms with Gasteiger partial charge in [-0.25, -0.2) is 0 Å². The molecule has 0 aliphatic rings. The summed E-state index contributed by atoms with van der Waals surface area (Å²) in [6, 6.07) is 7.17. The SMILES string of the molecule is COc1cc(C)n(CCNC(=O)c2cccc(C(F)(F)F)c2)c(=O)c1. The Morgan fingerprint density at radius 1 is 1.24 bits per heavy atom. The molecule has 1 N–H and O–H groups in total. The summed E-state index contributed by atoms with van der Waals surface area (Å²) in [7, 11) is 1.45. The average molecular weight is 354 g/mol. The van der Waals surface area contributed by atoms with Crippen molar-refractivity contribution >= 4 is 5.91 Å². The summed E-state index contributed by atoms with van der Waals surface area (Å²) in [5, 5.41) is 2.51. The number of aryl methyl sites for hydroxylation is 1. The highest BCUT2D eigenvalue weighted by Gasteiger charge is 2.30. The van der Waals surface area contributed by atoms with Gasteiger partial charge in [0.2, 0.25) is 0 Å². The van der Waals surface area contributed by atoms with E-state index in [1.807, 2.05) is 0 Å². The molecule has 0 spiro atoms. The molecule has 25 heavy (non-hydrogen) atoms. The van der Waals surface area contributed by atoms with E-state index < -0.39 is 17.6 Å². The van der Waals surface area contributed by atoms with Crippen LogP contribution in [0.5, 0.6) is 5.75 Å². The monoisotopic (exact) mass is 354 g/mol. The fraction of sp³-hybridized carbons (Fsp3) is 0.294. The third-order valence-corrected chi connectivity index (χ3v) is 3.62. The molecular weight excluding hydrogens is 337 g/mol. The molecule has 0 fully saturated rings. The first-order valence-corrected chi connectivity index (χ1v) is 7.43. The molecule has 0 bridgehead atoms. The van der Waals surface area contributed by atoms with Crippen LogP contribution in [-0.4, -0.2) is 24.1 Å². The highest BCUT2D eigenvalue weighted by molar-refractivity contribution is 5.94. The molecule has 1 amide bonds. The minimum atomic E-state index is -4.51. The number of carbonyl (C=O) groups excluding carboxylic acids is 1. The highest BCUT2D eigenvalue weighted by atomic mass is 19.4. The van der Waals surface area contributed by atoms with Gasteiger partial charge in [0.1, 0.15) is 5.75 Å². The summed E-state index contributed by atoms with van der Waals surface area (Å²) in [5.41, 5.74) is -0.612. The van der Waals surface area contributed by atoms with E-state index in [1.165, 1.54) is 29.9 Å². The minimum Gasteiger partial charge on any atom is -0.496 e. The van der Waals surface area contributed by atoms with Crippen molar-refractivity contribution in [2.75, 3.05) is 13.7 Å². The number of hydrogen-bond acceptors (Lipinski definition) is 3. The average Bonchev–Trinajstić information content (AvgIpc) is 2.56. The lowest BCUT2D eigenvalue weighted by Gasteiger charge is -2.12. The van der Waals surface area contributed by atoms with Crippen molar-refractivity contribution in [3.05, 3.63) is 63.6 Å². The van der Waals surface area contributed by atoms with E-state index in [1.54, 1.807) is 13.0 Å². The van der Waals surface area contributed by atoms with Crippen molar-refractivity contribution in [1.82, 2.24) is 9.88 Å². The third-order valence-electron chi connectivity index (χ3n) is 3.62. The number of rotatable bonds is 5. The van der Waals surface area contributed by atoms with Crippen LogP contribution in [0.4, 0.5) is 13.2 Å². The zero-order chi connectivity index (χ0) is 18.6. The number of benzene rings is 1. The number of halogens is 3. The summed E-state index contributed by atoms with van der Waals surface area (Å²) in [6.07, 6.45) is -4.51. The van der Waals surface area contributed by atoms with Crippen LogP contribution >= 0.6 is 0 Å². The number of amides is 1. The first-order chi connectivity index (χ1) is 11.7. The lowest BCUT2D eigenvalue weighted by atomic mass is 10.1. The zero-order valence-electron chi connectivity index (χ0n) is 13.7. The number of carbonyl (C=O) groups is 1. The van der Waals surface area contributed by atoms with Crippen molar-refractivity contribution in [3.8, 4) is 5.75 Å². The number of nitrogens with zero attached hydrogens (tertiary/aromatic N) is 1. The van der Waals surface area contributed by atoms with Crippen LogP contribution < -0.4 is 15.6 Å². The highest BCUT2D eigenvalue weighted by Crippen LogP contribution is 2.29. The molecule has 0 aliphatic carbocycles. The van der Waals surface area contributed by atoms with Gasteiger partial charge in [-0.05, 0) is 31.2 Å². The molecule has 0 saturated carbocycles. The van der Waals surface area contributed by atoms with E-state index in [2.05, 4.69) is 5.32 Å². The molecule has 1 aromatic heterocycles. The second-order valence-corrected chi connectivity index (χ2v) is 5.36. The second-order valence-electron chi connectivity index (χ2n) is 5.36. The molecule has 134 valence electrons. The number of aromatic nitrogens is 1. The van der Waals surface area contributed by atoms with Gasteiger partial charge in [0, 0.05) is 30.4 Å². The van der Waals surface area contributed by atoms with Crippen molar-refractivity contribution in [2.45, 2.75) is 19.6 Å². The number of alkyl halides is 3. The Kier molecular flexibility index (Phi) is 5.51. The van der Waals surface area contributed by atoms with Crippen LogP contribution in [0.3, 0.4) is 0 Å². The Morgan fingerprint density at radius 3 is 2.56 bits per heavy atom. The van der Waals surface area contributed by atoms with E-state index in [4.69, 9.17) is 4.74 Å². The van der Waals surface area contributed by atoms with Gasteiger partial charge in [-0.2, -0.15) is 13.2 Å². The molecule has 2 aromatic rings. The summed E-state index contributed by atoms with van der Waals surface area (Å²) in [5.74, 6) is -0.197. The topological polar surface area (TPSA) is 60.3 Å². The van der Waals surface area contributed by atoms with Gasteiger partial charge in [-0.3, -0.25) is 9.59 Å². The maximum absolute atomic E-state index is 12.7. The Balaban J connectivity index is 2.03. The molecular formula is C17H17F3N2O3. The van der Waals surface area contributed by atoms with Crippen LogP contribution in [0.2, 0.25) is 0 Å². The van der Waals surface area contributed by atoms with E-state index in [9.17, 15) is 22.8 Å². The second kappa shape index (κ2) is 7.42. The van der Waals surface area contributed by atoms with Crippen molar-refractivity contribution in [1.29, 1.82) is 0 Å². The van der Waals surface area contributed by atoms with E-state index in [0.717, 1.165) is 12.1 Å². The smallest absolute Gasteiger partial charge is 0.416 e. The Hall–Kier alpha value is -2.77. The van der Waals surface area contributed by atoms with Crippen LogP contribution in [-0.2, 0) is 12.7 Å². The summed E-state index contributed by atoms with van der Waals surface area (Å²) < 4.78 is 44.5. The number of nitrogens with one attached hydrogen (secondary N) is 1. The van der Waals surface area contributed by atoms with Crippen LogP contribution in [0.15, 0.2) is 41.2 Å². The molecule has 0 atom stereocenters. The normalized spacial score (nSPS) is 11.2. The molecule has 0 radical (unpaired) electrons. The maximum Gasteiger partial charge on any atom is 0.416 e. The first-order valence-electron chi connectivity index (χ1n) is 7.43. The standard InChI is InChI=1S/C17H17F3N2O3/c1-11-8-14(25-2)10-15(23)22(11)7-6-21-16(24)12-4-3-5-13(9-12)17(18,19)20/h3-5,8-10H,6-7H2,1-2H3,(H,21,24). The molecule has 0 aliphatic heterocycles. The molecule has 1 aromatic carbocycles. The van der Waals surface area contributed by atoms with Crippen molar-refractivity contribution in [2.24, 2.45) is 0 Å². The van der Waals surface area contributed by atoms with Gasteiger partial charge >= 0.3 is 6.18 Å². The lowest BCUT2D eigenvalue weighted by Crippen LogP contribution is -2.31. The van der Waals surface area contributed by atoms with Gasteiger partial charge in [-0.1, -0.05) is 6.07 Å². The van der Waals surface area contributed by atoms with Crippen LogP contribution in [0.1, 0.15) is 21.6 Å². The molecule has 2 rings (SSSR count). The van der Waals surface area contributed by atoms with Crippen LogP contribution in [0.25, 0.3) is 0 Å². The maximum atomic E-state index is 12.7. The Morgan fingerprint density at radius 2 is 1.96 bits per heavy atom. The fourth-order valence-corrected chi connectivity index (χ4v) is 2.32. The molecule has 1 heterocycles. The largest absolute Gasteiger partial charge is 0.496 e. The number of pyridine rings is 1. The predicted molar refractivity (Wildman–Crippen MR) is 85.8 cm³/mol.